The zero-order valence-electron chi connectivity index (χ0n) is 16.9. The van der Waals surface area contributed by atoms with Gasteiger partial charge >= 0.3 is 0 Å². The molecule has 0 saturated carbocycles. The van der Waals surface area contributed by atoms with Gasteiger partial charge in [-0.05, 0) is 57.0 Å². The number of aromatic nitrogens is 2. The lowest BCUT2D eigenvalue weighted by molar-refractivity contribution is 0.0945. The average Bonchev–Trinajstić information content (AvgIpc) is 2.66. The predicted octanol–water partition coefficient (Wildman–Crippen LogP) is 4.49. The summed E-state index contributed by atoms with van der Waals surface area (Å²) in [6, 6.07) is 18.0. The maximum atomic E-state index is 12.7. The van der Waals surface area contributed by atoms with Gasteiger partial charge in [-0.3, -0.25) is 4.79 Å². The smallest absolute Gasteiger partial charge is 0.270 e. The number of rotatable bonds is 6. The Bertz CT molecular complexity index is 984. The van der Waals surface area contributed by atoms with E-state index in [-0.39, 0.29) is 5.91 Å². The first kappa shape index (κ1) is 19.5. The van der Waals surface area contributed by atoms with Crippen LogP contribution >= 0.6 is 0 Å². The Morgan fingerprint density at radius 2 is 1.68 bits per heavy atom. The third-order valence-corrected chi connectivity index (χ3v) is 4.48. The molecule has 5 heteroatoms. The molecule has 2 aromatic carbocycles. The predicted molar refractivity (Wildman–Crippen MR) is 113 cm³/mol. The van der Waals surface area contributed by atoms with Crippen molar-refractivity contribution in [3.63, 3.8) is 0 Å². The zero-order valence-corrected chi connectivity index (χ0v) is 16.9. The van der Waals surface area contributed by atoms with Crippen LogP contribution in [0.5, 0.6) is 0 Å². The van der Waals surface area contributed by atoms with Crippen LogP contribution in [0.15, 0.2) is 54.6 Å². The molecule has 28 heavy (non-hydrogen) atoms. The summed E-state index contributed by atoms with van der Waals surface area (Å²) >= 11 is 0. The van der Waals surface area contributed by atoms with Crippen LogP contribution < -0.4 is 10.2 Å². The molecule has 5 nitrogen and oxygen atoms in total. The van der Waals surface area contributed by atoms with Gasteiger partial charge in [-0.2, -0.15) is 0 Å². The van der Waals surface area contributed by atoms with Crippen molar-refractivity contribution < 1.29 is 4.79 Å². The van der Waals surface area contributed by atoms with E-state index >= 15 is 0 Å². The molecule has 1 N–H and O–H groups in total. The maximum absolute atomic E-state index is 12.7. The summed E-state index contributed by atoms with van der Waals surface area (Å²) in [5.74, 6) is 0.336. The molecular weight excluding hydrogens is 348 g/mol. The molecule has 144 valence electrons. The van der Waals surface area contributed by atoms with Crippen LogP contribution in [0.2, 0.25) is 0 Å². The van der Waals surface area contributed by atoms with Crippen molar-refractivity contribution in [2.24, 2.45) is 0 Å². The second-order valence-electron chi connectivity index (χ2n) is 6.95. The average molecular weight is 374 g/mol. The summed E-state index contributed by atoms with van der Waals surface area (Å²) in [6.45, 7) is 9.19. The monoisotopic (exact) mass is 374 g/mol. The van der Waals surface area contributed by atoms with Crippen LogP contribution in [0.1, 0.15) is 39.8 Å². The van der Waals surface area contributed by atoms with E-state index in [1.807, 2.05) is 56.0 Å². The van der Waals surface area contributed by atoms with E-state index in [1.165, 1.54) is 11.1 Å². The molecule has 0 saturated heterocycles. The molecule has 0 aliphatic heterocycles. The highest BCUT2D eigenvalue weighted by Crippen LogP contribution is 2.23. The van der Waals surface area contributed by atoms with Crippen LogP contribution in [0.4, 0.5) is 11.6 Å². The molecule has 0 unspecified atom stereocenters. The van der Waals surface area contributed by atoms with Gasteiger partial charge in [0, 0.05) is 24.5 Å². The van der Waals surface area contributed by atoms with Crippen LogP contribution in [0.3, 0.4) is 0 Å². The van der Waals surface area contributed by atoms with Crippen LogP contribution in [0, 0.1) is 20.8 Å². The van der Waals surface area contributed by atoms with Gasteiger partial charge in [0.25, 0.3) is 5.91 Å². The lowest BCUT2D eigenvalue weighted by Crippen LogP contribution is -2.26. The van der Waals surface area contributed by atoms with E-state index in [1.54, 1.807) is 6.07 Å². The zero-order chi connectivity index (χ0) is 20.1. The first-order valence-corrected chi connectivity index (χ1v) is 9.50. The number of amides is 1. The molecule has 3 rings (SSSR count). The number of nitrogens with one attached hydrogen (secondary N) is 1. The van der Waals surface area contributed by atoms with E-state index < -0.39 is 0 Å². The van der Waals surface area contributed by atoms with Crippen molar-refractivity contribution in [3.8, 4) is 0 Å². The van der Waals surface area contributed by atoms with Crippen molar-refractivity contribution in [2.45, 2.75) is 34.2 Å². The van der Waals surface area contributed by atoms with E-state index in [2.05, 4.69) is 40.4 Å². The summed E-state index contributed by atoms with van der Waals surface area (Å²) in [5, 5.41) is 2.95. The van der Waals surface area contributed by atoms with E-state index in [0.717, 1.165) is 16.9 Å². The Kier molecular flexibility index (Phi) is 6.04. The normalized spacial score (nSPS) is 10.6. The third kappa shape index (κ3) is 4.74. The van der Waals surface area contributed by atoms with Crippen LogP contribution in [-0.2, 0) is 6.54 Å². The summed E-state index contributed by atoms with van der Waals surface area (Å²) < 4.78 is 0. The minimum Gasteiger partial charge on any atom is -0.347 e. The number of hydrogen-bond acceptors (Lipinski definition) is 4. The molecular formula is C23H26N4O. The van der Waals surface area contributed by atoms with Gasteiger partial charge in [0.15, 0.2) is 0 Å². The molecule has 0 atom stereocenters. The van der Waals surface area contributed by atoms with Crippen molar-refractivity contribution >= 4 is 17.5 Å². The summed E-state index contributed by atoms with van der Waals surface area (Å²) in [5.41, 5.74) is 5.55. The summed E-state index contributed by atoms with van der Waals surface area (Å²) in [6.07, 6.45) is 0. The van der Waals surface area contributed by atoms with Gasteiger partial charge in [-0.25, -0.2) is 9.97 Å². The molecule has 1 amide bonds. The third-order valence-electron chi connectivity index (χ3n) is 4.48. The lowest BCUT2D eigenvalue weighted by atomic mass is 10.1. The second-order valence-corrected chi connectivity index (χ2v) is 6.95. The van der Waals surface area contributed by atoms with E-state index in [4.69, 9.17) is 0 Å². The van der Waals surface area contributed by atoms with Gasteiger partial charge in [0.05, 0.1) is 0 Å². The first-order chi connectivity index (χ1) is 13.5. The first-order valence-electron chi connectivity index (χ1n) is 9.50. The van der Waals surface area contributed by atoms with Crippen molar-refractivity contribution in [1.29, 1.82) is 0 Å². The Labute approximate surface area is 166 Å². The number of carbonyl (C=O) groups is 1. The number of anilines is 2. The SMILES string of the molecule is CCN(c1cccc(C)c1)c1nc(C)cc(C(=O)NCc2cccc(C)c2)n1. The minimum atomic E-state index is -0.200. The Hall–Kier alpha value is -3.21. The largest absolute Gasteiger partial charge is 0.347 e. The second kappa shape index (κ2) is 8.65. The molecule has 3 aromatic rings. The molecule has 0 bridgehead atoms. The van der Waals surface area contributed by atoms with Gasteiger partial charge < -0.3 is 10.2 Å². The fourth-order valence-electron chi connectivity index (χ4n) is 3.12. The molecule has 0 aliphatic carbocycles. The van der Waals surface area contributed by atoms with Crippen LogP contribution in [0.25, 0.3) is 0 Å². The van der Waals surface area contributed by atoms with Crippen molar-refractivity contribution in [3.05, 3.63) is 82.7 Å². The lowest BCUT2D eigenvalue weighted by Gasteiger charge is -2.22. The van der Waals surface area contributed by atoms with Gasteiger partial charge in [0.1, 0.15) is 5.69 Å². The van der Waals surface area contributed by atoms with Crippen LogP contribution in [-0.4, -0.2) is 22.4 Å². The molecule has 0 radical (unpaired) electrons. The van der Waals surface area contributed by atoms with Gasteiger partial charge in [-0.15, -0.1) is 0 Å². The molecule has 0 fully saturated rings. The standard InChI is InChI=1S/C23H26N4O/c1-5-27(20-11-7-9-17(3)13-20)23-25-18(4)14-21(26-23)22(28)24-15-19-10-6-8-16(2)12-19/h6-14H,5,15H2,1-4H3,(H,24,28). The Balaban J connectivity index is 1.82. The highest BCUT2D eigenvalue weighted by molar-refractivity contribution is 5.92. The number of aryl methyl sites for hydroxylation is 3. The Morgan fingerprint density at radius 1 is 0.964 bits per heavy atom. The Morgan fingerprint density at radius 3 is 2.36 bits per heavy atom. The number of carbonyl (C=O) groups excluding carboxylic acids is 1. The summed E-state index contributed by atoms with van der Waals surface area (Å²) in [7, 11) is 0. The molecule has 1 heterocycles. The highest BCUT2D eigenvalue weighted by atomic mass is 16.1. The maximum Gasteiger partial charge on any atom is 0.270 e. The fourth-order valence-corrected chi connectivity index (χ4v) is 3.12. The molecule has 0 aliphatic rings. The number of nitrogens with zero attached hydrogens (tertiary/aromatic N) is 3. The molecule has 1 aromatic heterocycles. The fraction of sp³-hybridized carbons (Fsp3) is 0.261. The van der Waals surface area contributed by atoms with Gasteiger partial charge in [-0.1, -0.05) is 42.0 Å². The highest BCUT2D eigenvalue weighted by Gasteiger charge is 2.15. The number of benzene rings is 2. The molecule has 0 spiro atoms. The van der Waals surface area contributed by atoms with Crippen molar-refractivity contribution in [2.75, 3.05) is 11.4 Å². The minimum absolute atomic E-state index is 0.200. The van der Waals surface area contributed by atoms with Gasteiger partial charge in [0.2, 0.25) is 5.95 Å². The van der Waals surface area contributed by atoms with E-state index in [0.29, 0.717) is 24.7 Å². The van der Waals surface area contributed by atoms with E-state index in [9.17, 15) is 4.79 Å². The summed E-state index contributed by atoms with van der Waals surface area (Å²) in [4.78, 5) is 23.8. The quantitative estimate of drug-likeness (QED) is 0.691. The number of hydrogen-bond donors (Lipinski definition) is 1. The topological polar surface area (TPSA) is 58.1 Å². The van der Waals surface area contributed by atoms with Crippen molar-refractivity contribution in [1.82, 2.24) is 15.3 Å².